The van der Waals surface area contributed by atoms with E-state index < -0.39 is 10.0 Å². The molecular weight excluding hydrogens is 408 g/mol. The first-order valence-electron chi connectivity index (χ1n) is 8.97. The zero-order valence-electron chi connectivity index (χ0n) is 15.8. The fraction of sp³-hybridized carbons (Fsp3) is 0.211. The summed E-state index contributed by atoms with van der Waals surface area (Å²) in [6, 6.07) is 8.23. The summed E-state index contributed by atoms with van der Waals surface area (Å²) in [7, 11) is -3.68. The highest BCUT2D eigenvalue weighted by Gasteiger charge is 2.15. The van der Waals surface area contributed by atoms with Crippen LogP contribution >= 0.6 is 11.8 Å². The number of anilines is 1. The van der Waals surface area contributed by atoms with Gasteiger partial charge in [-0.05, 0) is 42.0 Å². The van der Waals surface area contributed by atoms with Crippen LogP contribution in [0, 0.1) is 5.41 Å². The predicted octanol–water partition coefficient (Wildman–Crippen LogP) is 2.68. The van der Waals surface area contributed by atoms with Crippen LogP contribution in [0.1, 0.15) is 24.6 Å². The van der Waals surface area contributed by atoms with E-state index in [1.54, 1.807) is 36.2 Å². The molecule has 0 bridgehead atoms. The lowest BCUT2D eigenvalue weighted by Gasteiger charge is -2.10. The summed E-state index contributed by atoms with van der Waals surface area (Å²) in [4.78, 5) is 8.84. The van der Waals surface area contributed by atoms with Crippen LogP contribution in [-0.2, 0) is 16.4 Å². The van der Waals surface area contributed by atoms with Gasteiger partial charge in [-0.15, -0.1) is 0 Å². The fourth-order valence-corrected chi connectivity index (χ4v) is 4.13. The molecular formula is C19H22N6O2S2. The second kappa shape index (κ2) is 9.21. The van der Waals surface area contributed by atoms with Crippen LogP contribution < -0.4 is 15.8 Å². The summed E-state index contributed by atoms with van der Waals surface area (Å²) < 4.78 is 22.6. The number of primary sulfonamides is 1. The zero-order valence-corrected chi connectivity index (χ0v) is 17.5. The normalized spacial score (nSPS) is 15.4. The molecule has 0 radical (unpaired) electrons. The molecule has 5 N–H and O–H groups in total. The second-order valence-corrected chi connectivity index (χ2v) is 8.70. The van der Waals surface area contributed by atoms with E-state index in [1.807, 2.05) is 5.41 Å². The molecule has 0 unspecified atom stereocenters. The Labute approximate surface area is 174 Å². The average Bonchev–Trinajstić information content (AvgIpc) is 3.18. The molecule has 0 aliphatic carbocycles. The Morgan fingerprint density at radius 1 is 1.31 bits per heavy atom. The highest BCUT2D eigenvalue weighted by molar-refractivity contribution is 8.06. The van der Waals surface area contributed by atoms with Crippen molar-refractivity contribution in [2.45, 2.75) is 24.7 Å². The van der Waals surface area contributed by atoms with Gasteiger partial charge in [-0.1, -0.05) is 30.8 Å². The van der Waals surface area contributed by atoms with Crippen molar-refractivity contribution in [3.05, 3.63) is 63.9 Å². The largest absolute Gasteiger partial charge is 0.354 e. The molecule has 0 amide bonds. The van der Waals surface area contributed by atoms with Crippen molar-refractivity contribution in [2.75, 3.05) is 11.9 Å². The van der Waals surface area contributed by atoms with E-state index in [0.717, 1.165) is 22.7 Å². The molecule has 1 aliphatic rings. The Bertz CT molecular complexity index is 1060. The first kappa shape index (κ1) is 21.0. The molecule has 1 aromatic heterocycles. The summed E-state index contributed by atoms with van der Waals surface area (Å²) in [5, 5.41) is 22.3. The van der Waals surface area contributed by atoms with Crippen LogP contribution in [0.2, 0.25) is 0 Å². The Morgan fingerprint density at radius 2 is 2.07 bits per heavy atom. The summed E-state index contributed by atoms with van der Waals surface area (Å²) in [5.74, 6) is 0.468. The number of sulfonamides is 1. The van der Waals surface area contributed by atoms with Crippen molar-refractivity contribution >= 4 is 39.5 Å². The van der Waals surface area contributed by atoms with E-state index in [9.17, 15) is 8.42 Å². The third-order valence-corrected chi connectivity index (χ3v) is 6.13. The van der Waals surface area contributed by atoms with Crippen molar-refractivity contribution in [1.82, 2.24) is 15.3 Å². The molecule has 10 heteroatoms. The van der Waals surface area contributed by atoms with E-state index in [0.29, 0.717) is 30.2 Å². The SMILES string of the molecule is CCC1=CS/C(=C(/C=N)c2ccnc(NCCc3ccc(S(N)(=O)=O)cc3)n2)N1. The number of aromatic nitrogens is 2. The van der Waals surface area contributed by atoms with Gasteiger partial charge >= 0.3 is 0 Å². The number of nitrogens with one attached hydrogen (secondary N) is 3. The Balaban J connectivity index is 1.64. The van der Waals surface area contributed by atoms with Crippen molar-refractivity contribution < 1.29 is 8.42 Å². The summed E-state index contributed by atoms with van der Waals surface area (Å²) in [6.45, 7) is 2.64. The number of nitrogens with zero attached hydrogens (tertiary/aromatic N) is 2. The molecule has 8 nitrogen and oxygen atoms in total. The quantitative estimate of drug-likeness (QED) is 0.473. The van der Waals surface area contributed by atoms with Gasteiger partial charge < -0.3 is 16.0 Å². The zero-order chi connectivity index (χ0) is 20.9. The lowest BCUT2D eigenvalue weighted by Crippen LogP contribution is -2.12. The van der Waals surface area contributed by atoms with Gasteiger partial charge in [0, 0.05) is 30.2 Å². The molecule has 2 heterocycles. The summed E-state index contributed by atoms with van der Waals surface area (Å²) in [5.41, 5.74) is 3.45. The van der Waals surface area contributed by atoms with Gasteiger partial charge in [0.25, 0.3) is 0 Å². The molecule has 2 aromatic rings. The lowest BCUT2D eigenvalue weighted by molar-refractivity contribution is 0.598. The van der Waals surface area contributed by atoms with E-state index in [4.69, 9.17) is 10.5 Å². The minimum atomic E-state index is -3.68. The molecule has 0 atom stereocenters. The maximum Gasteiger partial charge on any atom is 0.238 e. The minimum Gasteiger partial charge on any atom is -0.354 e. The molecule has 3 rings (SSSR count). The molecule has 1 aliphatic heterocycles. The van der Waals surface area contributed by atoms with Crippen LogP contribution in [0.4, 0.5) is 5.95 Å². The van der Waals surface area contributed by atoms with E-state index in [1.165, 1.54) is 18.3 Å². The van der Waals surface area contributed by atoms with E-state index >= 15 is 0 Å². The first-order chi connectivity index (χ1) is 13.9. The molecule has 0 spiro atoms. The van der Waals surface area contributed by atoms with Gasteiger partial charge in [0.15, 0.2) is 0 Å². The number of benzene rings is 1. The van der Waals surface area contributed by atoms with Crippen LogP contribution in [0.15, 0.2) is 57.6 Å². The number of hydrogen-bond donors (Lipinski definition) is 4. The van der Waals surface area contributed by atoms with Gasteiger partial charge in [-0.3, -0.25) is 0 Å². The molecule has 0 fully saturated rings. The molecule has 0 saturated carbocycles. The average molecular weight is 431 g/mol. The lowest BCUT2D eigenvalue weighted by atomic mass is 10.1. The number of allylic oxidation sites excluding steroid dienone is 2. The van der Waals surface area contributed by atoms with Crippen molar-refractivity contribution in [1.29, 1.82) is 5.41 Å². The third kappa shape index (κ3) is 5.43. The van der Waals surface area contributed by atoms with E-state index in [2.05, 4.69) is 27.5 Å². The summed E-state index contributed by atoms with van der Waals surface area (Å²) >= 11 is 1.55. The number of thioether (sulfide) groups is 1. The smallest absolute Gasteiger partial charge is 0.238 e. The maximum absolute atomic E-state index is 11.3. The van der Waals surface area contributed by atoms with Crippen molar-refractivity contribution in [3.8, 4) is 0 Å². The Morgan fingerprint density at radius 3 is 2.69 bits per heavy atom. The molecule has 0 saturated heterocycles. The highest BCUT2D eigenvalue weighted by Crippen LogP contribution is 2.31. The minimum absolute atomic E-state index is 0.0940. The van der Waals surface area contributed by atoms with Crippen LogP contribution in [0.5, 0.6) is 0 Å². The number of hydrogen-bond acceptors (Lipinski definition) is 8. The second-order valence-electron chi connectivity index (χ2n) is 6.26. The monoisotopic (exact) mass is 430 g/mol. The van der Waals surface area contributed by atoms with Gasteiger partial charge in [0.2, 0.25) is 16.0 Å². The van der Waals surface area contributed by atoms with Crippen molar-refractivity contribution in [2.24, 2.45) is 5.14 Å². The van der Waals surface area contributed by atoms with Crippen molar-refractivity contribution in [3.63, 3.8) is 0 Å². The van der Waals surface area contributed by atoms with Crippen LogP contribution in [-0.4, -0.2) is 31.1 Å². The van der Waals surface area contributed by atoms with E-state index in [-0.39, 0.29) is 4.90 Å². The molecule has 152 valence electrons. The molecule has 29 heavy (non-hydrogen) atoms. The van der Waals surface area contributed by atoms with Gasteiger partial charge in [-0.2, -0.15) is 0 Å². The number of rotatable bonds is 8. The number of nitrogens with two attached hydrogens (primary N) is 1. The first-order valence-corrected chi connectivity index (χ1v) is 11.4. The molecule has 1 aromatic carbocycles. The Hall–Kier alpha value is -2.69. The van der Waals surface area contributed by atoms with Gasteiger partial charge in [0.1, 0.15) is 0 Å². The highest BCUT2D eigenvalue weighted by atomic mass is 32.2. The van der Waals surface area contributed by atoms with Crippen LogP contribution in [0.25, 0.3) is 5.57 Å². The third-order valence-electron chi connectivity index (χ3n) is 4.24. The predicted molar refractivity (Wildman–Crippen MR) is 117 cm³/mol. The fourth-order valence-electron chi connectivity index (χ4n) is 2.65. The topological polar surface area (TPSA) is 134 Å². The van der Waals surface area contributed by atoms with Crippen LogP contribution in [0.3, 0.4) is 0 Å². The summed E-state index contributed by atoms with van der Waals surface area (Å²) in [6.07, 6.45) is 4.51. The van der Waals surface area contributed by atoms with Gasteiger partial charge in [-0.25, -0.2) is 23.5 Å². The Kier molecular flexibility index (Phi) is 6.68. The van der Waals surface area contributed by atoms with Gasteiger partial charge in [0.05, 0.1) is 15.6 Å². The maximum atomic E-state index is 11.3. The standard InChI is InChI=1S/C19H22N6O2S2/c1-2-14-12-28-18(24-14)16(11-20)17-8-10-23-19(25-17)22-9-7-13-3-5-15(6-4-13)29(21,26)27/h3-6,8,10-12,20,24H,2,7,9H2,1H3,(H2,21,26,27)(H,22,23,25)/b18-16-,20-11?.